The lowest BCUT2D eigenvalue weighted by atomic mass is 9.87. The van der Waals surface area contributed by atoms with Crippen molar-refractivity contribution in [1.29, 1.82) is 0 Å². The summed E-state index contributed by atoms with van der Waals surface area (Å²) in [5.41, 5.74) is 1.95. The highest BCUT2D eigenvalue weighted by Gasteiger charge is 2.31. The van der Waals surface area contributed by atoms with E-state index in [0.29, 0.717) is 17.1 Å². The minimum atomic E-state index is -0.318. The summed E-state index contributed by atoms with van der Waals surface area (Å²) >= 11 is 0. The van der Waals surface area contributed by atoms with Gasteiger partial charge in [-0.25, -0.2) is 0 Å². The summed E-state index contributed by atoms with van der Waals surface area (Å²) in [6.45, 7) is 0. The number of pyridine rings is 1. The number of methoxy groups -OCH3 is 1. The van der Waals surface area contributed by atoms with E-state index >= 15 is 0 Å². The zero-order valence-corrected chi connectivity index (χ0v) is 13.3. The Morgan fingerprint density at radius 1 is 1.25 bits per heavy atom. The van der Waals surface area contributed by atoms with Crippen molar-refractivity contribution >= 4 is 22.6 Å². The lowest BCUT2D eigenvalue weighted by molar-refractivity contribution is -0.116. The van der Waals surface area contributed by atoms with Crippen LogP contribution < -0.4 is 15.6 Å². The molecule has 0 saturated carbocycles. The third kappa shape index (κ3) is 2.17. The van der Waals surface area contributed by atoms with Gasteiger partial charge >= 0.3 is 0 Å². The standard InChI is InChI=1S/C17H16N4O3/c1-21-16-13(8-18-21)11(7-15(22)20-16)12-6-9-5-10(24-2)3-4-14(9)19-17(12)23/h3-6,8,11H,7H2,1-2H3,(H,19,23)(H,20,22)/t11-/m0/s1. The van der Waals surface area contributed by atoms with E-state index in [2.05, 4.69) is 15.4 Å². The summed E-state index contributed by atoms with van der Waals surface area (Å²) in [6, 6.07) is 7.30. The van der Waals surface area contributed by atoms with Crippen LogP contribution in [0.2, 0.25) is 0 Å². The van der Waals surface area contributed by atoms with Gasteiger partial charge in [0.2, 0.25) is 5.91 Å². The highest BCUT2D eigenvalue weighted by molar-refractivity contribution is 5.94. The van der Waals surface area contributed by atoms with Crippen molar-refractivity contribution in [3.05, 3.63) is 51.9 Å². The molecule has 1 amide bonds. The van der Waals surface area contributed by atoms with Gasteiger partial charge in [0.05, 0.1) is 13.3 Å². The van der Waals surface area contributed by atoms with Gasteiger partial charge in [0, 0.05) is 41.4 Å². The second-order valence-electron chi connectivity index (χ2n) is 5.88. The molecule has 7 nitrogen and oxygen atoms in total. The lowest BCUT2D eigenvalue weighted by Gasteiger charge is -2.22. The van der Waals surface area contributed by atoms with Gasteiger partial charge in [-0.3, -0.25) is 14.3 Å². The second-order valence-corrected chi connectivity index (χ2v) is 5.88. The molecular weight excluding hydrogens is 308 g/mol. The first-order chi connectivity index (χ1) is 11.6. The number of aromatic nitrogens is 3. The van der Waals surface area contributed by atoms with Gasteiger partial charge < -0.3 is 15.0 Å². The molecule has 0 aliphatic carbocycles. The molecular formula is C17H16N4O3. The number of benzene rings is 1. The molecule has 2 N–H and O–H groups in total. The van der Waals surface area contributed by atoms with Crippen molar-refractivity contribution < 1.29 is 9.53 Å². The first-order valence-corrected chi connectivity index (χ1v) is 7.59. The topological polar surface area (TPSA) is 89.0 Å². The van der Waals surface area contributed by atoms with Crippen LogP contribution in [0, 0.1) is 0 Å². The van der Waals surface area contributed by atoms with E-state index in [9.17, 15) is 9.59 Å². The quantitative estimate of drug-likeness (QED) is 0.751. The van der Waals surface area contributed by atoms with E-state index in [1.54, 1.807) is 31.1 Å². The molecule has 0 fully saturated rings. The Hall–Kier alpha value is -3.09. The van der Waals surface area contributed by atoms with Crippen LogP contribution in [0.5, 0.6) is 5.75 Å². The number of rotatable bonds is 2. The number of fused-ring (bicyclic) bond motifs is 2. The van der Waals surface area contributed by atoms with Gasteiger partial charge in [-0.15, -0.1) is 0 Å². The van der Waals surface area contributed by atoms with Crippen LogP contribution in [-0.2, 0) is 11.8 Å². The Morgan fingerprint density at radius 2 is 2.08 bits per heavy atom. The fraction of sp³-hybridized carbons (Fsp3) is 0.235. The molecule has 1 aliphatic heterocycles. The second kappa shape index (κ2) is 5.23. The summed E-state index contributed by atoms with van der Waals surface area (Å²) in [6.07, 6.45) is 1.92. The maximum atomic E-state index is 12.6. The SMILES string of the molecule is COc1ccc2[nH]c(=O)c([C@@H]3CC(=O)Nc4c3cnn4C)cc2c1. The highest BCUT2D eigenvalue weighted by atomic mass is 16.5. The van der Waals surface area contributed by atoms with Crippen molar-refractivity contribution in [2.24, 2.45) is 7.05 Å². The number of anilines is 1. The number of hydrogen-bond acceptors (Lipinski definition) is 4. The fourth-order valence-electron chi connectivity index (χ4n) is 3.21. The molecule has 7 heteroatoms. The number of hydrogen-bond donors (Lipinski definition) is 2. The third-order valence-corrected chi connectivity index (χ3v) is 4.45. The number of nitrogens with one attached hydrogen (secondary N) is 2. The molecule has 122 valence electrons. The molecule has 1 atom stereocenters. The average molecular weight is 324 g/mol. The summed E-state index contributed by atoms with van der Waals surface area (Å²) < 4.78 is 6.85. The summed E-state index contributed by atoms with van der Waals surface area (Å²) in [4.78, 5) is 27.5. The molecule has 2 aromatic heterocycles. The van der Waals surface area contributed by atoms with Crippen LogP contribution in [0.1, 0.15) is 23.5 Å². The molecule has 4 rings (SSSR count). The van der Waals surface area contributed by atoms with Crippen LogP contribution in [0.15, 0.2) is 35.3 Å². The third-order valence-electron chi connectivity index (χ3n) is 4.45. The van der Waals surface area contributed by atoms with Crippen molar-refractivity contribution in [3.63, 3.8) is 0 Å². The molecule has 0 saturated heterocycles. The molecule has 0 bridgehead atoms. The maximum Gasteiger partial charge on any atom is 0.252 e. The van der Waals surface area contributed by atoms with Crippen LogP contribution >= 0.6 is 0 Å². The van der Waals surface area contributed by atoms with E-state index in [0.717, 1.165) is 16.5 Å². The molecule has 1 aliphatic rings. The number of carbonyl (C=O) groups is 1. The van der Waals surface area contributed by atoms with Crippen molar-refractivity contribution in [3.8, 4) is 5.75 Å². The van der Waals surface area contributed by atoms with E-state index in [4.69, 9.17) is 4.74 Å². The number of H-pyrrole nitrogens is 1. The number of nitrogens with zero attached hydrogens (tertiary/aromatic N) is 2. The molecule has 0 radical (unpaired) electrons. The van der Waals surface area contributed by atoms with Crippen LogP contribution in [-0.4, -0.2) is 27.8 Å². The molecule has 0 spiro atoms. The minimum Gasteiger partial charge on any atom is -0.497 e. The average Bonchev–Trinajstić information content (AvgIpc) is 2.94. The Kier molecular flexibility index (Phi) is 3.16. The number of aromatic amines is 1. The number of amides is 1. The Morgan fingerprint density at radius 3 is 2.88 bits per heavy atom. The van der Waals surface area contributed by atoms with Gasteiger partial charge in [-0.1, -0.05) is 0 Å². The van der Waals surface area contributed by atoms with Crippen LogP contribution in [0.25, 0.3) is 10.9 Å². The van der Waals surface area contributed by atoms with E-state index in [1.807, 2.05) is 18.2 Å². The van der Waals surface area contributed by atoms with Gasteiger partial charge in [-0.05, 0) is 24.3 Å². The summed E-state index contributed by atoms with van der Waals surface area (Å²) in [5.74, 6) is 0.911. The maximum absolute atomic E-state index is 12.6. The molecule has 1 aromatic carbocycles. The smallest absolute Gasteiger partial charge is 0.252 e. The number of ether oxygens (including phenoxy) is 1. The monoisotopic (exact) mass is 324 g/mol. The first-order valence-electron chi connectivity index (χ1n) is 7.59. The van der Waals surface area contributed by atoms with E-state index in [1.165, 1.54) is 0 Å². The van der Waals surface area contributed by atoms with Gasteiger partial charge in [0.1, 0.15) is 11.6 Å². The number of carbonyl (C=O) groups excluding carboxylic acids is 1. The highest BCUT2D eigenvalue weighted by Crippen LogP contribution is 2.36. The summed E-state index contributed by atoms with van der Waals surface area (Å²) in [7, 11) is 3.36. The number of aryl methyl sites for hydroxylation is 1. The Balaban J connectivity index is 1.91. The predicted molar refractivity (Wildman–Crippen MR) is 89.4 cm³/mol. The van der Waals surface area contributed by atoms with Gasteiger partial charge in [0.25, 0.3) is 5.56 Å². The minimum absolute atomic E-state index is 0.124. The predicted octanol–water partition coefficient (Wildman–Crippen LogP) is 1.74. The van der Waals surface area contributed by atoms with Crippen molar-refractivity contribution in [2.45, 2.75) is 12.3 Å². The first kappa shape index (κ1) is 14.5. The van der Waals surface area contributed by atoms with Crippen molar-refractivity contribution in [2.75, 3.05) is 12.4 Å². The van der Waals surface area contributed by atoms with Gasteiger partial charge in [-0.2, -0.15) is 5.10 Å². The van der Waals surface area contributed by atoms with Crippen LogP contribution in [0.3, 0.4) is 0 Å². The molecule has 3 heterocycles. The fourth-order valence-corrected chi connectivity index (χ4v) is 3.21. The normalized spacial score (nSPS) is 16.8. The zero-order valence-electron chi connectivity index (χ0n) is 13.3. The Bertz CT molecular complexity index is 1020. The van der Waals surface area contributed by atoms with Crippen LogP contribution in [0.4, 0.5) is 5.82 Å². The lowest BCUT2D eigenvalue weighted by Crippen LogP contribution is -2.27. The molecule has 0 unspecified atom stereocenters. The largest absolute Gasteiger partial charge is 0.497 e. The zero-order chi connectivity index (χ0) is 16.8. The van der Waals surface area contributed by atoms with E-state index < -0.39 is 0 Å². The van der Waals surface area contributed by atoms with Gasteiger partial charge in [0.15, 0.2) is 0 Å². The van der Waals surface area contributed by atoms with E-state index in [-0.39, 0.29) is 23.8 Å². The summed E-state index contributed by atoms with van der Waals surface area (Å²) in [5, 5.41) is 7.87. The molecule has 24 heavy (non-hydrogen) atoms. The molecule has 3 aromatic rings. The Labute approximate surface area is 137 Å². The van der Waals surface area contributed by atoms with Crippen molar-refractivity contribution in [1.82, 2.24) is 14.8 Å².